The molecule has 0 spiro atoms. The van der Waals surface area contributed by atoms with Crippen LogP contribution in [0.25, 0.3) is 0 Å². The third-order valence-corrected chi connectivity index (χ3v) is 2.54. The van der Waals surface area contributed by atoms with E-state index in [0.717, 1.165) is 12.2 Å². The average molecular weight is 250 g/mol. The minimum absolute atomic E-state index is 0.0438. The van der Waals surface area contributed by atoms with Crippen LogP contribution in [0.5, 0.6) is 0 Å². The first-order valence-electron chi connectivity index (χ1n) is 6.10. The number of carbonyl (C=O) groups excluding carboxylic acids is 1. The van der Waals surface area contributed by atoms with E-state index in [0.29, 0.717) is 5.56 Å². The highest BCUT2D eigenvalue weighted by atomic mass is 16.2. The maximum atomic E-state index is 11.7. The topological polar surface area (TPSA) is 71.2 Å². The van der Waals surface area contributed by atoms with Crippen molar-refractivity contribution < 1.29 is 4.79 Å². The lowest BCUT2D eigenvalue weighted by Gasteiger charge is -2.16. The van der Waals surface area contributed by atoms with E-state index in [4.69, 9.17) is 5.73 Å². The zero-order valence-electron chi connectivity index (χ0n) is 11.5. The first kappa shape index (κ1) is 14.4. The Morgan fingerprint density at radius 3 is 2.56 bits per heavy atom. The smallest absolute Gasteiger partial charge is 0.254 e. The number of nitrogens with two attached hydrogens (primary N) is 1. The van der Waals surface area contributed by atoms with E-state index in [1.165, 1.54) is 4.90 Å². The summed E-state index contributed by atoms with van der Waals surface area (Å²) >= 11 is 0. The SMILES string of the molecule is CC(N)CC(C)Nc1ccc(C(=O)N(C)C)cn1. The van der Waals surface area contributed by atoms with Crippen molar-refractivity contribution in [2.24, 2.45) is 5.73 Å². The van der Waals surface area contributed by atoms with E-state index in [1.54, 1.807) is 26.4 Å². The first-order valence-corrected chi connectivity index (χ1v) is 6.10. The lowest BCUT2D eigenvalue weighted by Crippen LogP contribution is -2.26. The fourth-order valence-electron chi connectivity index (χ4n) is 1.73. The number of nitrogens with zero attached hydrogens (tertiary/aromatic N) is 2. The molecule has 2 unspecified atom stereocenters. The van der Waals surface area contributed by atoms with Crippen molar-refractivity contribution in [3.63, 3.8) is 0 Å². The van der Waals surface area contributed by atoms with Crippen LogP contribution >= 0.6 is 0 Å². The summed E-state index contributed by atoms with van der Waals surface area (Å²) in [5.41, 5.74) is 6.32. The van der Waals surface area contributed by atoms with Gasteiger partial charge in [-0.1, -0.05) is 0 Å². The summed E-state index contributed by atoms with van der Waals surface area (Å²) in [4.78, 5) is 17.4. The Morgan fingerprint density at radius 2 is 2.11 bits per heavy atom. The van der Waals surface area contributed by atoms with Gasteiger partial charge in [0, 0.05) is 32.4 Å². The van der Waals surface area contributed by atoms with E-state index in [-0.39, 0.29) is 18.0 Å². The van der Waals surface area contributed by atoms with E-state index >= 15 is 0 Å². The van der Waals surface area contributed by atoms with Crippen LogP contribution in [0.1, 0.15) is 30.6 Å². The first-order chi connectivity index (χ1) is 8.40. The molecule has 1 aromatic rings. The van der Waals surface area contributed by atoms with Crippen LogP contribution in [0.3, 0.4) is 0 Å². The van der Waals surface area contributed by atoms with Crippen molar-refractivity contribution in [1.29, 1.82) is 0 Å². The van der Waals surface area contributed by atoms with Gasteiger partial charge in [0.2, 0.25) is 0 Å². The summed E-state index contributed by atoms with van der Waals surface area (Å²) < 4.78 is 0. The fraction of sp³-hybridized carbons (Fsp3) is 0.538. The zero-order chi connectivity index (χ0) is 13.7. The van der Waals surface area contributed by atoms with Gasteiger partial charge in [-0.15, -0.1) is 0 Å². The molecule has 1 rings (SSSR count). The van der Waals surface area contributed by atoms with Crippen molar-refractivity contribution >= 4 is 11.7 Å². The van der Waals surface area contributed by atoms with Crippen LogP contribution in [-0.4, -0.2) is 42.0 Å². The number of hydrogen-bond acceptors (Lipinski definition) is 4. The average Bonchev–Trinajstić information content (AvgIpc) is 2.27. The molecule has 3 N–H and O–H groups in total. The second kappa shape index (κ2) is 6.35. The Kier molecular flexibility index (Phi) is 5.09. The maximum Gasteiger partial charge on any atom is 0.254 e. The van der Waals surface area contributed by atoms with E-state index in [2.05, 4.69) is 17.2 Å². The highest BCUT2D eigenvalue weighted by Crippen LogP contribution is 2.09. The normalized spacial score (nSPS) is 13.8. The Hall–Kier alpha value is -1.62. The standard InChI is InChI=1S/C13H22N4O/c1-9(14)7-10(2)16-12-6-5-11(8-15-12)13(18)17(3)4/h5-6,8-10H,7,14H2,1-4H3,(H,15,16). The molecule has 1 amide bonds. The molecular weight excluding hydrogens is 228 g/mol. The molecule has 1 heterocycles. The number of pyridine rings is 1. The summed E-state index contributed by atoms with van der Waals surface area (Å²) in [7, 11) is 3.44. The van der Waals surface area contributed by atoms with Gasteiger partial charge in [-0.25, -0.2) is 4.98 Å². The zero-order valence-corrected chi connectivity index (χ0v) is 11.5. The van der Waals surface area contributed by atoms with Gasteiger partial charge >= 0.3 is 0 Å². The summed E-state index contributed by atoms with van der Waals surface area (Å²) in [6.07, 6.45) is 2.46. The van der Waals surface area contributed by atoms with Gasteiger partial charge in [0.1, 0.15) is 5.82 Å². The third kappa shape index (κ3) is 4.33. The second-order valence-corrected chi connectivity index (χ2v) is 4.89. The number of carbonyl (C=O) groups is 1. The van der Waals surface area contributed by atoms with Gasteiger partial charge in [-0.2, -0.15) is 0 Å². The highest BCUT2D eigenvalue weighted by Gasteiger charge is 2.09. The summed E-state index contributed by atoms with van der Waals surface area (Å²) in [5.74, 6) is 0.719. The lowest BCUT2D eigenvalue weighted by atomic mass is 10.1. The number of nitrogens with one attached hydrogen (secondary N) is 1. The minimum atomic E-state index is -0.0438. The Morgan fingerprint density at radius 1 is 1.44 bits per heavy atom. The molecule has 5 heteroatoms. The largest absolute Gasteiger partial charge is 0.368 e. The molecule has 0 aromatic carbocycles. The summed E-state index contributed by atoms with van der Waals surface area (Å²) in [6.45, 7) is 4.04. The number of aromatic nitrogens is 1. The molecule has 0 saturated heterocycles. The van der Waals surface area contributed by atoms with E-state index in [9.17, 15) is 4.79 Å². The molecule has 1 aromatic heterocycles. The van der Waals surface area contributed by atoms with E-state index < -0.39 is 0 Å². The summed E-state index contributed by atoms with van der Waals surface area (Å²) in [6, 6.07) is 4.00. The Bertz CT molecular complexity index is 386. The molecule has 5 nitrogen and oxygen atoms in total. The number of rotatable bonds is 5. The molecule has 0 aliphatic rings. The monoisotopic (exact) mass is 250 g/mol. The van der Waals surface area contributed by atoms with Gasteiger partial charge in [0.05, 0.1) is 5.56 Å². The molecule has 0 saturated carbocycles. The predicted octanol–water partition coefficient (Wildman–Crippen LogP) is 1.32. The Balaban J connectivity index is 2.63. The molecule has 0 aliphatic heterocycles. The highest BCUT2D eigenvalue weighted by molar-refractivity contribution is 5.93. The number of anilines is 1. The molecule has 100 valence electrons. The third-order valence-electron chi connectivity index (χ3n) is 2.54. The number of hydrogen-bond donors (Lipinski definition) is 2. The van der Waals surface area contributed by atoms with Crippen molar-refractivity contribution in [2.45, 2.75) is 32.4 Å². The Labute approximate surface area is 108 Å². The molecule has 0 radical (unpaired) electrons. The van der Waals surface area contributed by atoms with Gasteiger partial charge < -0.3 is 16.0 Å². The molecule has 0 fully saturated rings. The van der Waals surface area contributed by atoms with Gasteiger partial charge in [-0.05, 0) is 32.4 Å². The second-order valence-electron chi connectivity index (χ2n) is 4.89. The van der Waals surface area contributed by atoms with Crippen LogP contribution in [0.4, 0.5) is 5.82 Å². The molecule has 0 bridgehead atoms. The predicted molar refractivity (Wildman–Crippen MR) is 73.6 cm³/mol. The lowest BCUT2D eigenvalue weighted by molar-refractivity contribution is 0.0827. The van der Waals surface area contributed by atoms with Crippen LogP contribution in [0.2, 0.25) is 0 Å². The quantitative estimate of drug-likeness (QED) is 0.827. The van der Waals surface area contributed by atoms with Crippen molar-refractivity contribution in [3.05, 3.63) is 23.9 Å². The van der Waals surface area contributed by atoms with Crippen LogP contribution in [0.15, 0.2) is 18.3 Å². The maximum absolute atomic E-state index is 11.7. The summed E-state index contributed by atoms with van der Waals surface area (Å²) in [5, 5.41) is 3.25. The molecular formula is C13H22N4O. The molecule has 0 aliphatic carbocycles. The molecule has 2 atom stereocenters. The molecule has 18 heavy (non-hydrogen) atoms. The van der Waals surface area contributed by atoms with Crippen molar-refractivity contribution in [2.75, 3.05) is 19.4 Å². The minimum Gasteiger partial charge on any atom is -0.368 e. The van der Waals surface area contributed by atoms with E-state index in [1.807, 2.05) is 13.0 Å². The van der Waals surface area contributed by atoms with Crippen LogP contribution in [-0.2, 0) is 0 Å². The van der Waals surface area contributed by atoms with Crippen molar-refractivity contribution in [3.8, 4) is 0 Å². The van der Waals surface area contributed by atoms with Gasteiger partial charge in [-0.3, -0.25) is 4.79 Å². The van der Waals surface area contributed by atoms with Crippen molar-refractivity contribution in [1.82, 2.24) is 9.88 Å². The van der Waals surface area contributed by atoms with Gasteiger partial charge in [0.15, 0.2) is 0 Å². The van der Waals surface area contributed by atoms with Gasteiger partial charge in [0.25, 0.3) is 5.91 Å². The number of amides is 1. The van der Waals surface area contributed by atoms with Crippen LogP contribution in [0, 0.1) is 0 Å². The van der Waals surface area contributed by atoms with Crippen LogP contribution < -0.4 is 11.1 Å². The fourth-order valence-corrected chi connectivity index (χ4v) is 1.73.